The highest BCUT2D eigenvalue weighted by molar-refractivity contribution is 5.77. The lowest BCUT2D eigenvalue weighted by Gasteiger charge is -1.98. The first-order valence-electron chi connectivity index (χ1n) is 4.66. The van der Waals surface area contributed by atoms with Crippen molar-refractivity contribution in [3.8, 4) is 0 Å². The van der Waals surface area contributed by atoms with E-state index in [9.17, 15) is 4.79 Å². The number of ether oxygens (including phenoxy) is 1. The smallest absolute Gasteiger partial charge is 0.222 e. The third kappa shape index (κ3) is 14.3. The van der Waals surface area contributed by atoms with E-state index in [0.717, 1.165) is 6.61 Å². The van der Waals surface area contributed by atoms with Crippen LogP contribution in [-0.4, -0.2) is 26.7 Å². The molecule has 0 aliphatic rings. The SMILES string of the molecule is CNC(=O)C(C)C.COCC(C)C. The molecule has 0 radical (unpaired) electrons. The van der Waals surface area contributed by atoms with Gasteiger partial charge < -0.3 is 10.1 Å². The van der Waals surface area contributed by atoms with E-state index < -0.39 is 0 Å². The zero-order valence-corrected chi connectivity index (χ0v) is 9.68. The zero-order chi connectivity index (χ0) is 10.9. The fourth-order valence-corrected chi connectivity index (χ4v) is 0.622. The van der Waals surface area contributed by atoms with Gasteiger partial charge in [-0.2, -0.15) is 0 Å². The van der Waals surface area contributed by atoms with Crippen LogP contribution in [0, 0.1) is 11.8 Å². The summed E-state index contributed by atoms with van der Waals surface area (Å²) in [7, 11) is 3.36. The van der Waals surface area contributed by atoms with Crippen molar-refractivity contribution in [3.63, 3.8) is 0 Å². The average Bonchev–Trinajstić information content (AvgIpc) is 2.03. The third-order valence-electron chi connectivity index (χ3n) is 1.27. The fourth-order valence-electron chi connectivity index (χ4n) is 0.622. The Morgan fingerprint density at radius 2 is 1.77 bits per heavy atom. The minimum Gasteiger partial charge on any atom is -0.384 e. The zero-order valence-electron chi connectivity index (χ0n) is 9.68. The molecule has 0 rings (SSSR count). The van der Waals surface area contributed by atoms with Gasteiger partial charge in [-0.3, -0.25) is 4.79 Å². The Hall–Kier alpha value is -0.570. The van der Waals surface area contributed by atoms with E-state index in [4.69, 9.17) is 4.74 Å². The highest BCUT2D eigenvalue weighted by Gasteiger charge is 2.00. The van der Waals surface area contributed by atoms with Crippen LogP contribution in [-0.2, 0) is 9.53 Å². The maximum atomic E-state index is 10.4. The lowest BCUT2D eigenvalue weighted by atomic mass is 10.2. The number of nitrogens with one attached hydrogen (secondary N) is 1. The number of rotatable bonds is 3. The van der Waals surface area contributed by atoms with E-state index in [0.29, 0.717) is 5.92 Å². The van der Waals surface area contributed by atoms with Gasteiger partial charge in [0.15, 0.2) is 0 Å². The molecule has 1 N–H and O–H groups in total. The largest absolute Gasteiger partial charge is 0.384 e. The Bertz CT molecular complexity index is 122. The van der Waals surface area contributed by atoms with Gasteiger partial charge in [0.25, 0.3) is 0 Å². The van der Waals surface area contributed by atoms with Crippen LogP contribution in [0.1, 0.15) is 27.7 Å². The average molecular weight is 189 g/mol. The van der Waals surface area contributed by atoms with Gasteiger partial charge >= 0.3 is 0 Å². The molecule has 0 saturated carbocycles. The Kier molecular flexibility index (Phi) is 10.9. The van der Waals surface area contributed by atoms with Crippen LogP contribution in [0.25, 0.3) is 0 Å². The van der Waals surface area contributed by atoms with Crippen LogP contribution in [0.5, 0.6) is 0 Å². The van der Waals surface area contributed by atoms with Crippen molar-refractivity contribution in [1.82, 2.24) is 5.32 Å². The van der Waals surface area contributed by atoms with Crippen LogP contribution in [0.4, 0.5) is 0 Å². The molecule has 0 fully saturated rings. The van der Waals surface area contributed by atoms with Gasteiger partial charge in [0.2, 0.25) is 5.91 Å². The molecule has 0 spiro atoms. The normalized spacial score (nSPS) is 9.54. The monoisotopic (exact) mass is 189 g/mol. The maximum absolute atomic E-state index is 10.4. The van der Waals surface area contributed by atoms with Gasteiger partial charge in [-0.25, -0.2) is 0 Å². The van der Waals surface area contributed by atoms with Crippen molar-refractivity contribution in [1.29, 1.82) is 0 Å². The van der Waals surface area contributed by atoms with Crippen molar-refractivity contribution < 1.29 is 9.53 Å². The topological polar surface area (TPSA) is 38.3 Å². The van der Waals surface area contributed by atoms with Crippen molar-refractivity contribution in [2.45, 2.75) is 27.7 Å². The van der Waals surface area contributed by atoms with Crippen molar-refractivity contribution in [2.75, 3.05) is 20.8 Å². The molecule has 0 aliphatic carbocycles. The predicted molar refractivity (Wildman–Crippen MR) is 55.6 cm³/mol. The molecular weight excluding hydrogens is 166 g/mol. The standard InChI is InChI=1S/C5H11NO.C5H12O/c1-4(2)5(7)6-3;1-5(2)4-6-3/h4H,1-3H3,(H,6,7);5H,4H2,1-3H3. The summed E-state index contributed by atoms with van der Waals surface area (Å²) in [6.07, 6.45) is 0. The number of hydrogen-bond acceptors (Lipinski definition) is 2. The molecule has 0 unspecified atom stereocenters. The second-order valence-corrected chi connectivity index (χ2v) is 3.62. The van der Waals surface area contributed by atoms with Gasteiger partial charge in [0, 0.05) is 26.7 Å². The molecule has 0 aromatic carbocycles. The predicted octanol–water partition coefficient (Wildman–Crippen LogP) is 1.68. The van der Waals surface area contributed by atoms with Crippen molar-refractivity contribution >= 4 is 5.91 Å². The number of carbonyl (C=O) groups is 1. The molecule has 0 saturated heterocycles. The summed E-state index contributed by atoms with van der Waals surface area (Å²) in [5, 5.41) is 2.53. The number of carbonyl (C=O) groups excluding carboxylic acids is 1. The van der Waals surface area contributed by atoms with Crippen molar-refractivity contribution in [3.05, 3.63) is 0 Å². The molecular formula is C10H23NO2. The molecule has 3 heteroatoms. The summed E-state index contributed by atoms with van der Waals surface area (Å²) in [4.78, 5) is 10.4. The van der Waals surface area contributed by atoms with Crippen LogP contribution in [0.3, 0.4) is 0 Å². The lowest BCUT2D eigenvalue weighted by molar-refractivity contribution is -0.123. The quantitative estimate of drug-likeness (QED) is 0.733. The lowest BCUT2D eigenvalue weighted by Crippen LogP contribution is -2.22. The van der Waals surface area contributed by atoms with Gasteiger partial charge in [-0.1, -0.05) is 27.7 Å². The molecule has 0 aromatic rings. The highest BCUT2D eigenvalue weighted by Crippen LogP contribution is 1.88. The molecule has 3 nitrogen and oxygen atoms in total. The minimum atomic E-state index is 0.0972. The summed E-state index contributed by atoms with van der Waals surface area (Å²) < 4.78 is 4.80. The van der Waals surface area contributed by atoms with Gasteiger partial charge in [0.05, 0.1) is 0 Å². The summed E-state index contributed by atoms with van der Waals surface area (Å²) in [5.74, 6) is 0.889. The van der Waals surface area contributed by atoms with E-state index in [1.54, 1.807) is 14.2 Å². The summed E-state index contributed by atoms with van der Waals surface area (Å²) in [6, 6.07) is 0. The first-order chi connectivity index (χ1) is 5.95. The van der Waals surface area contributed by atoms with Gasteiger partial charge in [0.1, 0.15) is 0 Å². The molecule has 1 amide bonds. The number of hydrogen-bond donors (Lipinski definition) is 1. The van der Waals surface area contributed by atoms with Crippen LogP contribution in [0.15, 0.2) is 0 Å². The second kappa shape index (κ2) is 9.52. The minimum absolute atomic E-state index is 0.0972. The third-order valence-corrected chi connectivity index (χ3v) is 1.27. The Labute approximate surface area is 81.9 Å². The van der Waals surface area contributed by atoms with Crippen molar-refractivity contribution in [2.24, 2.45) is 11.8 Å². The summed E-state index contributed by atoms with van der Waals surface area (Å²) in [6.45, 7) is 8.85. The molecule has 80 valence electrons. The number of amides is 1. The van der Waals surface area contributed by atoms with E-state index >= 15 is 0 Å². The first-order valence-corrected chi connectivity index (χ1v) is 4.66. The summed E-state index contributed by atoms with van der Waals surface area (Å²) in [5.41, 5.74) is 0. The van der Waals surface area contributed by atoms with E-state index in [1.165, 1.54) is 0 Å². The second-order valence-electron chi connectivity index (χ2n) is 3.62. The molecule has 0 bridgehead atoms. The maximum Gasteiger partial charge on any atom is 0.222 e. The van der Waals surface area contributed by atoms with Crippen LogP contribution < -0.4 is 5.32 Å². The van der Waals surface area contributed by atoms with E-state index in [2.05, 4.69) is 19.2 Å². The highest BCUT2D eigenvalue weighted by atomic mass is 16.5. The molecule has 0 atom stereocenters. The molecule has 0 heterocycles. The Morgan fingerprint density at radius 1 is 1.31 bits per heavy atom. The molecule has 0 aliphatic heterocycles. The number of methoxy groups -OCH3 is 1. The van der Waals surface area contributed by atoms with Crippen LogP contribution >= 0.6 is 0 Å². The Balaban J connectivity index is 0. The van der Waals surface area contributed by atoms with Gasteiger partial charge in [-0.05, 0) is 5.92 Å². The van der Waals surface area contributed by atoms with Crippen LogP contribution in [0.2, 0.25) is 0 Å². The van der Waals surface area contributed by atoms with E-state index in [-0.39, 0.29) is 11.8 Å². The van der Waals surface area contributed by atoms with Gasteiger partial charge in [-0.15, -0.1) is 0 Å². The first kappa shape index (κ1) is 14.9. The summed E-state index contributed by atoms with van der Waals surface area (Å²) >= 11 is 0. The fraction of sp³-hybridized carbons (Fsp3) is 0.900. The molecule has 0 aromatic heterocycles. The molecule has 13 heavy (non-hydrogen) atoms. The Morgan fingerprint density at radius 3 is 1.77 bits per heavy atom. The van der Waals surface area contributed by atoms with E-state index in [1.807, 2.05) is 13.8 Å².